The molecule has 0 aliphatic carbocycles. The summed E-state index contributed by atoms with van der Waals surface area (Å²) in [5.74, 6) is 0. The summed E-state index contributed by atoms with van der Waals surface area (Å²) < 4.78 is 0. The van der Waals surface area contributed by atoms with Gasteiger partial charge in [0.25, 0.3) is 0 Å². The Morgan fingerprint density at radius 1 is 0.382 bits per heavy atom. The van der Waals surface area contributed by atoms with Crippen LogP contribution in [-0.4, -0.2) is 6.15 Å². The topological polar surface area (TPSA) is 0 Å². The van der Waals surface area contributed by atoms with E-state index in [4.69, 9.17) is 0 Å². The van der Waals surface area contributed by atoms with Crippen molar-refractivity contribution >= 4 is 34.6 Å². The summed E-state index contributed by atoms with van der Waals surface area (Å²) in [5, 5.41) is 5.55. The average Bonchev–Trinajstić information content (AvgIpc) is 2.94. The Labute approximate surface area is 208 Å². The highest BCUT2D eigenvalue weighted by Gasteiger charge is 2.47. The molecule has 4 rings (SSSR count). The van der Waals surface area contributed by atoms with Crippen LogP contribution in [0.3, 0.4) is 0 Å². The fraction of sp³-hybridized carbons (Fsp3) is 0.250. The molecule has 4 aromatic rings. The quantitative estimate of drug-likeness (QED) is 0.183. The van der Waals surface area contributed by atoms with E-state index in [1.54, 1.807) is 0 Å². The maximum Gasteiger partial charge on any atom is 0.144 e. The molecule has 0 nitrogen and oxygen atoms in total. The molecular weight excluding hydrogens is 426 g/mol. The number of hydrogen-bond acceptors (Lipinski definition) is 0. The minimum Gasteiger partial charge on any atom is -0.181 e. The van der Waals surface area contributed by atoms with Gasteiger partial charge in [-0.15, -0.1) is 0 Å². The normalized spacial score (nSPS) is 11.4. The Kier molecular flexibility index (Phi) is 9.73. The number of benzene rings is 4. The van der Waals surface area contributed by atoms with Crippen LogP contribution in [0.1, 0.15) is 27.7 Å². The van der Waals surface area contributed by atoms with E-state index in [1.807, 2.05) is 0 Å². The van der Waals surface area contributed by atoms with Crippen LogP contribution >= 0.6 is 7.26 Å². The van der Waals surface area contributed by atoms with Gasteiger partial charge < -0.3 is 0 Å². The van der Waals surface area contributed by atoms with Crippen molar-refractivity contribution in [3.05, 3.63) is 121 Å². The highest BCUT2D eigenvalue weighted by Crippen LogP contribution is 2.53. The Morgan fingerprint density at radius 2 is 0.588 bits per heavy atom. The fourth-order valence-corrected chi connectivity index (χ4v) is 9.50. The van der Waals surface area contributed by atoms with Crippen molar-refractivity contribution in [1.29, 1.82) is 0 Å². The second kappa shape index (κ2) is 12.7. The molecule has 0 N–H and O–H groups in total. The third kappa shape index (κ3) is 5.53. The van der Waals surface area contributed by atoms with Gasteiger partial charge in [0.1, 0.15) is 28.5 Å². The minimum atomic E-state index is -1.91. The zero-order chi connectivity index (χ0) is 24.3. The Balaban J connectivity index is 0.000000309. The summed E-state index contributed by atoms with van der Waals surface area (Å²) in [7, 11) is -1.91. The molecule has 2 heteroatoms. The Morgan fingerprint density at radius 3 is 0.735 bits per heavy atom. The lowest BCUT2D eigenvalue weighted by molar-refractivity contribution is 1.11. The molecule has 0 unspecified atom stereocenters. The first-order valence-corrected chi connectivity index (χ1v) is 14.8. The molecule has 4 aromatic carbocycles. The smallest absolute Gasteiger partial charge is 0.144 e. The summed E-state index contributed by atoms with van der Waals surface area (Å²) >= 11 is 0. The maximum absolute atomic E-state index is 2.33. The van der Waals surface area contributed by atoms with Gasteiger partial charge >= 0.3 is 0 Å². The zero-order valence-electron chi connectivity index (χ0n) is 21.4. The third-order valence-corrected chi connectivity index (χ3v) is 12.3. The molecule has 0 aliphatic rings. The van der Waals surface area contributed by atoms with Crippen molar-refractivity contribution in [2.75, 3.05) is 0 Å². The van der Waals surface area contributed by atoms with E-state index >= 15 is 0 Å². The molecule has 0 amide bonds. The van der Waals surface area contributed by atoms with Crippen LogP contribution in [0.2, 0.25) is 25.3 Å². The van der Waals surface area contributed by atoms with E-state index in [9.17, 15) is 0 Å². The first-order valence-electron chi connectivity index (χ1n) is 13.0. The predicted octanol–water partition coefficient (Wildman–Crippen LogP) is 7.82. The van der Waals surface area contributed by atoms with Crippen molar-refractivity contribution in [3.63, 3.8) is 0 Å². The largest absolute Gasteiger partial charge is 0.181 e. The Bertz CT molecular complexity index is 894. The molecule has 0 aromatic heterocycles. The van der Waals surface area contributed by atoms with Gasteiger partial charge in [-0.05, 0) is 54.7 Å². The van der Waals surface area contributed by atoms with Crippen LogP contribution in [-0.2, 0) is 0 Å². The lowest BCUT2D eigenvalue weighted by Gasteiger charge is -2.34. The van der Waals surface area contributed by atoms with Gasteiger partial charge in [-0.1, -0.05) is 100 Å². The van der Waals surface area contributed by atoms with Gasteiger partial charge in [-0.25, -0.2) is 0 Å². The monoisotopic (exact) mass is 466 g/mol. The van der Waals surface area contributed by atoms with E-state index in [0.29, 0.717) is 0 Å². The number of hydrogen-bond donors (Lipinski definition) is 0. The van der Waals surface area contributed by atoms with E-state index in [1.165, 1.54) is 46.5 Å². The summed E-state index contributed by atoms with van der Waals surface area (Å²) in [4.78, 5) is 0. The van der Waals surface area contributed by atoms with E-state index in [2.05, 4.69) is 149 Å². The highest BCUT2D eigenvalue weighted by atomic mass is 31.2. The summed E-state index contributed by atoms with van der Waals surface area (Å²) in [6, 6.07) is 43.8. The molecule has 0 heterocycles. The predicted molar refractivity (Wildman–Crippen MR) is 159 cm³/mol. The molecule has 34 heavy (non-hydrogen) atoms. The summed E-state index contributed by atoms with van der Waals surface area (Å²) in [6.07, 6.45) is 5.68. The zero-order valence-corrected chi connectivity index (χ0v) is 22.3. The van der Waals surface area contributed by atoms with Gasteiger partial charge in [0.2, 0.25) is 0 Å². The average molecular weight is 466 g/mol. The van der Waals surface area contributed by atoms with Crippen LogP contribution in [0.5, 0.6) is 0 Å². The molecule has 0 fully saturated rings. The molecule has 0 aliphatic heterocycles. The van der Waals surface area contributed by atoms with E-state index in [0.717, 1.165) is 0 Å². The van der Waals surface area contributed by atoms with Crippen LogP contribution in [0.25, 0.3) is 0 Å². The standard InChI is InChI=1S/C24H20P.C8H20B/c1-5-13-21(14-6-1)25(22-15-7-2-8-16-22,23-17-9-3-10-18-23)24-19-11-4-12-20-24;1-5-9(6-2,7-3)8-4/h1-20H;5-8H2,1-4H3/q+1;-1. The SMILES string of the molecule is CC[B-](CC)(CC)CC.c1ccc([P+](c2ccccc2)(c2ccccc2)c2ccccc2)cc1. The lowest BCUT2D eigenvalue weighted by atomic mass is 9.19. The fourth-order valence-electron chi connectivity index (χ4n) is 5.23. The van der Waals surface area contributed by atoms with E-state index < -0.39 is 7.26 Å². The summed E-state index contributed by atoms with van der Waals surface area (Å²) in [6.45, 7) is 9.32. The minimum absolute atomic E-state index is 0.0556. The summed E-state index contributed by atoms with van der Waals surface area (Å²) in [5.41, 5.74) is 0. The molecule has 0 atom stereocenters. The van der Waals surface area contributed by atoms with Gasteiger partial charge in [0.05, 0.1) is 0 Å². The molecular formula is C32H40BP. The number of rotatable bonds is 8. The lowest BCUT2D eigenvalue weighted by Crippen LogP contribution is -2.38. The van der Waals surface area contributed by atoms with Crippen molar-refractivity contribution in [2.45, 2.75) is 53.0 Å². The van der Waals surface area contributed by atoms with Gasteiger partial charge in [0, 0.05) is 0 Å². The Hall–Kier alpha value is -2.63. The van der Waals surface area contributed by atoms with Crippen molar-refractivity contribution < 1.29 is 0 Å². The van der Waals surface area contributed by atoms with Crippen LogP contribution in [0, 0.1) is 0 Å². The molecule has 0 spiro atoms. The molecule has 0 saturated heterocycles. The van der Waals surface area contributed by atoms with Gasteiger partial charge in [0.15, 0.2) is 0 Å². The van der Waals surface area contributed by atoms with Gasteiger partial charge in [-0.3, -0.25) is 0 Å². The van der Waals surface area contributed by atoms with Crippen LogP contribution in [0.15, 0.2) is 121 Å². The van der Waals surface area contributed by atoms with Crippen molar-refractivity contribution in [1.82, 2.24) is 0 Å². The molecule has 176 valence electrons. The molecule has 0 saturated carbocycles. The van der Waals surface area contributed by atoms with Crippen LogP contribution < -0.4 is 21.2 Å². The first kappa shape index (κ1) is 26.0. The van der Waals surface area contributed by atoms with Crippen molar-refractivity contribution in [3.8, 4) is 0 Å². The maximum atomic E-state index is 2.33. The first-order chi connectivity index (χ1) is 16.7. The second-order valence-electron chi connectivity index (χ2n) is 9.38. The van der Waals surface area contributed by atoms with E-state index in [-0.39, 0.29) is 6.15 Å². The third-order valence-electron chi connectivity index (χ3n) is 8.04. The highest BCUT2D eigenvalue weighted by molar-refractivity contribution is 8.01. The van der Waals surface area contributed by atoms with Gasteiger partial charge in [-0.2, -0.15) is 25.3 Å². The van der Waals surface area contributed by atoms with Crippen molar-refractivity contribution in [2.24, 2.45) is 0 Å². The molecule has 0 radical (unpaired) electrons. The van der Waals surface area contributed by atoms with Crippen LogP contribution in [0.4, 0.5) is 0 Å². The molecule has 0 bridgehead atoms. The second-order valence-corrected chi connectivity index (χ2v) is 12.8.